The highest BCUT2D eigenvalue weighted by Gasteiger charge is 2.16. The van der Waals surface area contributed by atoms with Crippen molar-refractivity contribution in [2.75, 3.05) is 13.1 Å². The molecule has 104 valence electrons. The molecule has 1 fully saturated rings. The van der Waals surface area contributed by atoms with Crippen LogP contribution in [0.4, 0.5) is 4.39 Å². The Balaban J connectivity index is 1.97. The molecule has 1 heterocycles. The maximum Gasteiger partial charge on any atom is 0.269 e. The molecule has 1 aromatic rings. The predicted octanol–water partition coefficient (Wildman–Crippen LogP) is 2.70. The minimum Gasteiger partial charge on any atom is -0.408 e. The highest BCUT2D eigenvalue weighted by Crippen LogP contribution is 2.24. The summed E-state index contributed by atoms with van der Waals surface area (Å²) >= 11 is 3.25. The summed E-state index contributed by atoms with van der Waals surface area (Å²) in [6, 6.07) is 4.11. The van der Waals surface area contributed by atoms with Crippen LogP contribution < -0.4 is 10.3 Å². The lowest BCUT2D eigenvalue weighted by Crippen LogP contribution is -2.45. The lowest BCUT2D eigenvalue weighted by Gasteiger charge is -2.28. The van der Waals surface area contributed by atoms with Gasteiger partial charge in [-0.15, -0.1) is 0 Å². The summed E-state index contributed by atoms with van der Waals surface area (Å²) in [4.78, 5) is 7.14. The molecule has 0 unspecified atom stereocenters. The van der Waals surface area contributed by atoms with Crippen LogP contribution in [-0.2, 0) is 0 Å². The molecule has 19 heavy (non-hydrogen) atoms. The number of piperidine rings is 1. The van der Waals surface area contributed by atoms with Gasteiger partial charge in [0.2, 0.25) is 0 Å². The van der Waals surface area contributed by atoms with Crippen LogP contribution in [0, 0.1) is 5.82 Å². The fourth-order valence-electron chi connectivity index (χ4n) is 1.91. The van der Waals surface area contributed by atoms with Crippen molar-refractivity contribution in [3.63, 3.8) is 0 Å². The third-order valence-corrected chi connectivity index (χ3v) is 3.55. The maximum absolute atomic E-state index is 13.1. The first-order valence-corrected chi connectivity index (χ1v) is 6.85. The van der Waals surface area contributed by atoms with Gasteiger partial charge >= 0.3 is 0 Å². The van der Waals surface area contributed by atoms with E-state index < -0.39 is 5.82 Å². The molecule has 2 rings (SSSR count). The van der Waals surface area contributed by atoms with E-state index in [0.717, 1.165) is 25.9 Å². The minimum absolute atomic E-state index is 0.232. The summed E-state index contributed by atoms with van der Waals surface area (Å²) in [6.07, 6.45) is 3.26. The number of hydrogen-bond acceptors (Lipinski definition) is 3. The third kappa shape index (κ3) is 3.73. The van der Waals surface area contributed by atoms with Crippen LogP contribution in [0.25, 0.3) is 0 Å². The zero-order valence-corrected chi connectivity index (χ0v) is 11.9. The van der Waals surface area contributed by atoms with E-state index in [1.807, 2.05) is 4.90 Å². The molecule has 0 aromatic heterocycles. The second kappa shape index (κ2) is 6.60. The molecule has 1 aromatic carbocycles. The molecule has 0 radical (unpaired) electrons. The molecule has 2 N–H and O–H groups in total. The van der Waals surface area contributed by atoms with Gasteiger partial charge in [0.1, 0.15) is 5.82 Å². The first-order valence-electron chi connectivity index (χ1n) is 6.05. The number of benzene rings is 1. The van der Waals surface area contributed by atoms with Crippen molar-refractivity contribution in [3.05, 3.63) is 28.5 Å². The van der Waals surface area contributed by atoms with Crippen molar-refractivity contribution in [1.29, 1.82) is 0 Å². The van der Waals surface area contributed by atoms with E-state index in [0.29, 0.717) is 4.47 Å². The van der Waals surface area contributed by atoms with Crippen molar-refractivity contribution in [1.82, 2.24) is 10.4 Å². The molecule has 1 aliphatic heterocycles. The standard InChI is InChI=1S/C12H15BrFN3O2/c13-10-5-4-9(14)8-11(10)19-16-12(15-18)17-6-2-1-3-7-17/h4-5,8,18H,1-3,6-7H2,(H,15,16). The minimum atomic E-state index is -0.402. The van der Waals surface area contributed by atoms with Gasteiger partial charge in [-0.25, -0.2) is 4.39 Å². The number of nitrogens with one attached hydrogen (secondary N) is 1. The number of hydrogen-bond donors (Lipinski definition) is 2. The van der Waals surface area contributed by atoms with Crippen LogP contribution in [0.15, 0.2) is 27.8 Å². The molecular weight excluding hydrogens is 317 g/mol. The Morgan fingerprint density at radius 3 is 2.79 bits per heavy atom. The van der Waals surface area contributed by atoms with Gasteiger partial charge in [-0.3, -0.25) is 0 Å². The maximum atomic E-state index is 13.1. The summed E-state index contributed by atoms with van der Waals surface area (Å²) in [5, 5.41) is 12.2. The SMILES string of the molecule is ON=C(NOc1cc(F)ccc1Br)N1CCCCC1. The largest absolute Gasteiger partial charge is 0.408 e. The van der Waals surface area contributed by atoms with Crippen molar-refractivity contribution in [3.8, 4) is 5.75 Å². The van der Waals surface area contributed by atoms with E-state index in [1.165, 1.54) is 18.6 Å². The molecule has 1 aliphatic rings. The van der Waals surface area contributed by atoms with E-state index in [9.17, 15) is 4.39 Å². The van der Waals surface area contributed by atoms with Gasteiger partial charge < -0.3 is 14.9 Å². The van der Waals surface area contributed by atoms with Crippen molar-refractivity contribution in [2.45, 2.75) is 19.3 Å². The monoisotopic (exact) mass is 331 g/mol. The van der Waals surface area contributed by atoms with E-state index in [-0.39, 0.29) is 11.7 Å². The van der Waals surface area contributed by atoms with E-state index >= 15 is 0 Å². The van der Waals surface area contributed by atoms with E-state index in [2.05, 4.69) is 26.6 Å². The number of hydroxylamine groups is 1. The van der Waals surface area contributed by atoms with Crippen LogP contribution in [0.5, 0.6) is 5.75 Å². The summed E-state index contributed by atoms with van der Waals surface area (Å²) in [5.41, 5.74) is 2.55. The highest BCUT2D eigenvalue weighted by atomic mass is 79.9. The molecule has 1 saturated heterocycles. The Labute approximate surface area is 119 Å². The molecule has 0 spiro atoms. The number of guanidine groups is 1. The van der Waals surface area contributed by atoms with Crippen LogP contribution in [0.1, 0.15) is 19.3 Å². The zero-order valence-electron chi connectivity index (χ0n) is 10.3. The average Bonchev–Trinajstić information content (AvgIpc) is 2.44. The molecule has 0 bridgehead atoms. The van der Waals surface area contributed by atoms with Crippen LogP contribution in [0.2, 0.25) is 0 Å². The molecule has 0 saturated carbocycles. The summed E-state index contributed by atoms with van der Waals surface area (Å²) in [6.45, 7) is 1.61. The fourth-order valence-corrected chi connectivity index (χ4v) is 2.24. The topological polar surface area (TPSA) is 57.1 Å². The zero-order chi connectivity index (χ0) is 13.7. The Kier molecular flexibility index (Phi) is 4.84. The first-order chi connectivity index (χ1) is 9.20. The smallest absolute Gasteiger partial charge is 0.269 e. The van der Waals surface area contributed by atoms with Crippen molar-refractivity contribution >= 4 is 21.9 Å². The molecule has 0 aliphatic carbocycles. The summed E-state index contributed by atoms with van der Waals surface area (Å²) in [5.74, 6) is 0.120. The number of nitrogens with zero attached hydrogens (tertiary/aromatic N) is 2. The van der Waals surface area contributed by atoms with Gasteiger partial charge in [-0.05, 0) is 52.5 Å². The molecule has 7 heteroatoms. The molecule has 0 amide bonds. The van der Waals surface area contributed by atoms with E-state index in [1.54, 1.807) is 6.07 Å². The number of likely N-dealkylation sites (tertiary alicyclic amines) is 1. The average molecular weight is 332 g/mol. The van der Waals surface area contributed by atoms with Gasteiger partial charge in [-0.1, -0.05) is 0 Å². The van der Waals surface area contributed by atoms with Crippen LogP contribution in [-0.4, -0.2) is 29.2 Å². The Hall–Kier alpha value is -1.50. The second-order valence-electron chi connectivity index (χ2n) is 4.25. The summed E-state index contributed by atoms with van der Waals surface area (Å²) < 4.78 is 13.7. The Morgan fingerprint density at radius 2 is 2.11 bits per heavy atom. The fraction of sp³-hybridized carbons (Fsp3) is 0.417. The van der Waals surface area contributed by atoms with Gasteiger partial charge in [0.15, 0.2) is 5.75 Å². The lowest BCUT2D eigenvalue weighted by atomic mass is 10.1. The quantitative estimate of drug-likeness (QED) is 0.378. The van der Waals surface area contributed by atoms with Crippen LogP contribution >= 0.6 is 15.9 Å². The Bertz CT molecular complexity index is 464. The van der Waals surface area contributed by atoms with E-state index in [4.69, 9.17) is 10.0 Å². The van der Waals surface area contributed by atoms with Crippen molar-refractivity contribution < 1.29 is 14.4 Å². The molecule has 0 atom stereocenters. The van der Waals surface area contributed by atoms with Gasteiger partial charge in [0.25, 0.3) is 5.96 Å². The Morgan fingerprint density at radius 1 is 1.37 bits per heavy atom. The molecule has 5 nitrogen and oxygen atoms in total. The predicted molar refractivity (Wildman–Crippen MR) is 72.5 cm³/mol. The lowest BCUT2D eigenvalue weighted by molar-refractivity contribution is 0.204. The second-order valence-corrected chi connectivity index (χ2v) is 5.10. The van der Waals surface area contributed by atoms with Gasteiger partial charge in [-0.2, -0.15) is 5.48 Å². The third-order valence-electron chi connectivity index (χ3n) is 2.90. The number of oxime groups is 1. The van der Waals surface area contributed by atoms with Crippen molar-refractivity contribution in [2.24, 2.45) is 5.16 Å². The highest BCUT2D eigenvalue weighted by molar-refractivity contribution is 9.10. The number of rotatable bonds is 2. The number of halogens is 2. The first kappa shape index (κ1) is 13.9. The molecular formula is C12H15BrFN3O2. The van der Waals surface area contributed by atoms with Crippen LogP contribution in [0.3, 0.4) is 0 Å². The summed E-state index contributed by atoms with van der Waals surface area (Å²) in [7, 11) is 0. The van der Waals surface area contributed by atoms with Gasteiger partial charge in [0.05, 0.1) is 4.47 Å². The van der Waals surface area contributed by atoms with Gasteiger partial charge in [0, 0.05) is 19.2 Å². The normalized spacial score (nSPS) is 16.3.